The van der Waals surface area contributed by atoms with Crippen molar-refractivity contribution >= 4 is 10.9 Å². The molecule has 0 unspecified atom stereocenters. The molecule has 2 heteroatoms. The zero-order valence-corrected chi connectivity index (χ0v) is 10.3. The summed E-state index contributed by atoms with van der Waals surface area (Å²) in [6.45, 7) is 2.08. The van der Waals surface area contributed by atoms with E-state index in [1.165, 1.54) is 11.1 Å². The predicted molar refractivity (Wildman–Crippen MR) is 73.9 cm³/mol. The molecular formula is C16H15NO. The van der Waals surface area contributed by atoms with Crippen LogP contribution < -0.4 is 0 Å². The number of benzene rings is 2. The molecule has 0 aliphatic rings. The summed E-state index contributed by atoms with van der Waals surface area (Å²) >= 11 is 0. The zero-order valence-electron chi connectivity index (χ0n) is 10.3. The molecule has 0 spiro atoms. The lowest BCUT2D eigenvalue weighted by Crippen LogP contribution is -1.88. The number of hydrogen-bond acceptors (Lipinski definition) is 1. The van der Waals surface area contributed by atoms with Gasteiger partial charge in [-0.3, -0.25) is 0 Å². The average Bonchev–Trinajstić information content (AvgIpc) is 2.81. The molecule has 0 saturated carbocycles. The van der Waals surface area contributed by atoms with Gasteiger partial charge in [-0.1, -0.05) is 29.8 Å². The van der Waals surface area contributed by atoms with Crippen LogP contribution in [0.2, 0.25) is 0 Å². The highest BCUT2D eigenvalue weighted by Gasteiger charge is 2.04. The fourth-order valence-electron chi connectivity index (χ4n) is 2.25. The second-order valence-corrected chi connectivity index (χ2v) is 4.72. The monoisotopic (exact) mass is 237 g/mol. The molecule has 0 fully saturated rings. The van der Waals surface area contributed by atoms with E-state index >= 15 is 0 Å². The molecule has 0 aliphatic carbocycles. The van der Waals surface area contributed by atoms with Crippen molar-refractivity contribution in [3.8, 4) is 5.75 Å². The van der Waals surface area contributed by atoms with Gasteiger partial charge in [-0.2, -0.15) is 0 Å². The number of rotatable bonds is 2. The molecule has 3 aromatic rings. The van der Waals surface area contributed by atoms with Crippen LogP contribution in [-0.4, -0.2) is 10.1 Å². The highest BCUT2D eigenvalue weighted by Crippen LogP contribution is 2.26. The van der Waals surface area contributed by atoms with Crippen LogP contribution in [0.25, 0.3) is 10.9 Å². The van der Waals surface area contributed by atoms with Crippen molar-refractivity contribution in [2.45, 2.75) is 13.3 Å². The number of aromatic hydroxyl groups is 1. The Labute approximate surface area is 106 Å². The Hall–Kier alpha value is -2.22. The number of aryl methyl sites for hydroxylation is 1. The van der Waals surface area contributed by atoms with Crippen molar-refractivity contribution in [3.63, 3.8) is 0 Å². The second-order valence-electron chi connectivity index (χ2n) is 4.72. The molecule has 90 valence electrons. The van der Waals surface area contributed by atoms with Gasteiger partial charge in [-0.15, -0.1) is 0 Å². The molecule has 1 heterocycles. The molecule has 3 rings (SSSR count). The fraction of sp³-hybridized carbons (Fsp3) is 0.125. The summed E-state index contributed by atoms with van der Waals surface area (Å²) in [7, 11) is 0. The summed E-state index contributed by atoms with van der Waals surface area (Å²) in [6.07, 6.45) is 2.68. The van der Waals surface area contributed by atoms with Gasteiger partial charge in [0.1, 0.15) is 5.75 Å². The summed E-state index contributed by atoms with van der Waals surface area (Å²) in [5.74, 6) is 0.343. The Bertz CT molecular complexity index is 680. The molecule has 0 radical (unpaired) electrons. The number of fused-ring (bicyclic) bond motifs is 1. The minimum Gasteiger partial charge on any atom is -0.507 e. The number of hydrogen-bond donors (Lipinski definition) is 2. The second kappa shape index (κ2) is 4.22. The largest absolute Gasteiger partial charge is 0.507 e. The lowest BCUT2D eigenvalue weighted by molar-refractivity contribution is 0.481. The van der Waals surface area contributed by atoms with Crippen molar-refractivity contribution in [3.05, 3.63) is 65.4 Å². The molecule has 0 amide bonds. The van der Waals surface area contributed by atoms with Crippen molar-refractivity contribution in [2.24, 2.45) is 0 Å². The first-order valence-electron chi connectivity index (χ1n) is 6.07. The molecule has 18 heavy (non-hydrogen) atoms. The predicted octanol–water partition coefficient (Wildman–Crippen LogP) is 3.77. The molecule has 1 aromatic heterocycles. The van der Waals surface area contributed by atoms with Gasteiger partial charge in [0.05, 0.1) is 0 Å². The van der Waals surface area contributed by atoms with E-state index in [9.17, 15) is 5.11 Å². The number of nitrogens with one attached hydrogen (secondary N) is 1. The minimum atomic E-state index is 0.343. The maximum atomic E-state index is 9.94. The third kappa shape index (κ3) is 1.97. The molecule has 2 nitrogen and oxygen atoms in total. The van der Waals surface area contributed by atoms with Crippen molar-refractivity contribution < 1.29 is 5.11 Å². The smallest absolute Gasteiger partial charge is 0.125 e. The van der Waals surface area contributed by atoms with Crippen LogP contribution in [0.1, 0.15) is 16.7 Å². The molecule has 0 aliphatic heterocycles. The topological polar surface area (TPSA) is 36.0 Å². The van der Waals surface area contributed by atoms with E-state index < -0.39 is 0 Å². The van der Waals surface area contributed by atoms with Crippen LogP contribution in [0.15, 0.2) is 48.7 Å². The number of aromatic amines is 1. The first kappa shape index (κ1) is 10.9. The maximum absolute atomic E-state index is 9.94. The quantitative estimate of drug-likeness (QED) is 0.699. The number of aromatic nitrogens is 1. The van der Waals surface area contributed by atoms with Crippen LogP contribution in [0.5, 0.6) is 5.75 Å². The first-order chi connectivity index (χ1) is 8.72. The van der Waals surface area contributed by atoms with E-state index in [2.05, 4.69) is 42.2 Å². The van der Waals surface area contributed by atoms with E-state index in [0.29, 0.717) is 5.75 Å². The van der Waals surface area contributed by atoms with Crippen molar-refractivity contribution in [1.29, 1.82) is 0 Å². The molecular weight excluding hydrogens is 222 g/mol. The van der Waals surface area contributed by atoms with Crippen LogP contribution in [0.3, 0.4) is 0 Å². The van der Waals surface area contributed by atoms with E-state index in [1.54, 1.807) is 0 Å². The third-order valence-electron chi connectivity index (χ3n) is 3.24. The van der Waals surface area contributed by atoms with Crippen LogP contribution in [0, 0.1) is 6.92 Å². The van der Waals surface area contributed by atoms with Gasteiger partial charge in [-0.05, 0) is 42.7 Å². The third-order valence-corrected chi connectivity index (χ3v) is 3.24. The lowest BCUT2D eigenvalue weighted by atomic mass is 10.0. The van der Waals surface area contributed by atoms with Gasteiger partial charge >= 0.3 is 0 Å². The van der Waals surface area contributed by atoms with Gasteiger partial charge in [-0.25, -0.2) is 0 Å². The normalized spacial score (nSPS) is 10.9. The Morgan fingerprint density at radius 1 is 1.00 bits per heavy atom. The Balaban J connectivity index is 1.97. The summed E-state index contributed by atoms with van der Waals surface area (Å²) < 4.78 is 0. The van der Waals surface area contributed by atoms with E-state index in [1.807, 2.05) is 18.3 Å². The summed E-state index contributed by atoms with van der Waals surface area (Å²) in [5, 5.41) is 10.8. The zero-order chi connectivity index (χ0) is 12.5. The Kier molecular flexibility index (Phi) is 2.56. The van der Waals surface area contributed by atoms with Crippen LogP contribution >= 0.6 is 0 Å². The summed E-state index contributed by atoms with van der Waals surface area (Å²) in [5.41, 5.74) is 4.62. The van der Waals surface area contributed by atoms with Gasteiger partial charge < -0.3 is 10.1 Å². The van der Waals surface area contributed by atoms with Crippen molar-refractivity contribution in [1.82, 2.24) is 4.98 Å². The SMILES string of the molecule is Cc1ccc(Cc2cc(O)c3cc[nH]c3c2)cc1. The molecule has 2 aromatic carbocycles. The van der Waals surface area contributed by atoms with E-state index in [4.69, 9.17) is 0 Å². The van der Waals surface area contributed by atoms with E-state index in [-0.39, 0.29) is 0 Å². The van der Waals surface area contributed by atoms with Gasteiger partial charge in [0.25, 0.3) is 0 Å². The molecule has 0 bridgehead atoms. The molecule has 0 atom stereocenters. The fourth-order valence-corrected chi connectivity index (χ4v) is 2.25. The standard InChI is InChI=1S/C16H15NO/c1-11-2-4-12(5-3-11)8-13-9-15-14(6-7-17-15)16(18)10-13/h2-7,9-10,17-18H,8H2,1H3. The number of phenolic OH excluding ortho intramolecular Hbond substituents is 1. The first-order valence-corrected chi connectivity index (χ1v) is 6.07. The van der Waals surface area contributed by atoms with Crippen LogP contribution in [0.4, 0.5) is 0 Å². The Morgan fingerprint density at radius 2 is 1.78 bits per heavy atom. The lowest BCUT2D eigenvalue weighted by Gasteiger charge is -2.05. The maximum Gasteiger partial charge on any atom is 0.125 e. The highest BCUT2D eigenvalue weighted by atomic mass is 16.3. The summed E-state index contributed by atoms with van der Waals surface area (Å²) in [6, 6.07) is 14.3. The van der Waals surface area contributed by atoms with E-state index in [0.717, 1.165) is 22.9 Å². The average molecular weight is 237 g/mol. The van der Waals surface area contributed by atoms with Gasteiger partial charge in [0.15, 0.2) is 0 Å². The highest BCUT2D eigenvalue weighted by molar-refractivity contribution is 5.86. The van der Waals surface area contributed by atoms with Gasteiger partial charge in [0.2, 0.25) is 0 Å². The van der Waals surface area contributed by atoms with Gasteiger partial charge in [0, 0.05) is 17.1 Å². The molecule has 0 saturated heterocycles. The number of phenols is 1. The molecule has 2 N–H and O–H groups in total. The van der Waals surface area contributed by atoms with Crippen molar-refractivity contribution in [2.75, 3.05) is 0 Å². The Morgan fingerprint density at radius 3 is 2.56 bits per heavy atom. The minimum absolute atomic E-state index is 0.343. The number of H-pyrrole nitrogens is 1. The van der Waals surface area contributed by atoms with Crippen LogP contribution in [-0.2, 0) is 6.42 Å². The summed E-state index contributed by atoms with van der Waals surface area (Å²) in [4.78, 5) is 3.14.